The molecular weight excluding hydrogens is 637 g/mol. The lowest BCUT2D eigenvalue weighted by Gasteiger charge is -2.13. The largest absolute Gasteiger partial charge is 0.309 e. The third-order valence-electron chi connectivity index (χ3n) is 11.1. The van der Waals surface area contributed by atoms with E-state index < -0.39 is 0 Å². The predicted molar refractivity (Wildman–Crippen MR) is 219 cm³/mol. The van der Waals surface area contributed by atoms with Crippen LogP contribution in [0.3, 0.4) is 0 Å². The predicted octanol–water partition coefficient (Wildman–Crippen LogP) is 13.6. The van der Waals surface area contributed by atoms with Gasteiger partial charge in [0.15, 0.2) is 0 Å². The first-order valence-corrected chi connectivity index (χ1v) is 18.3. The van der Waals surface area contributed by atoms with Crippen molar-refractivity contribution in [3.8, 4) is 27.9 Å². The molecule has 8 aromatic carbocycles. The molecule has 0 atom stereocenters. The number of rotatable bonds is 3. The first-order valence-electron chi connectivity index (χ1n) is 17.5. The van der Waals surface area contributed by atoms with Gasteiger partial charge in [-0.2, -0.15) is 0 Å². The summed E-state index contributed by atoms with van der Waals surface area (Å²) >= 11 is 1.89. The highest BCUT2D eigenvalue weighted by Gasteiger charge is 2.21. The summed E-state index contributed by atoms with van der Waals surface area (Å²) in [7, 11) is 0. The number of benzene rings is 8. The number of para-hydroxylation sites is 4. The highest BCUT2D eigenvalue weighted by Crippen LogP contribution is 2.45. The topological polar surface area (TPSA) is 9.34 Å². The Labute approximate surface area is 297 Å². The molecule has 12 rings (SSSR count). The summed E-state index contributed by atoms with van der Waals surface area (Å²) in [6, 6.07) is 62.8. The van der Waals surface area contributed by atoms with Crippen LogP contribution in [0.5, 0.6) is 0 Å². The Morgan fingerprint density at radius 2 is 0.902 bits per heavy atom. The normalized spacial score (nSPS) is 12.3. The van der Waals surface area contributed by atoms with Gasteiger partial charge in [-0.3, -0.25) is 0 Å². The van der Waals surface area contributed by atoms with Crippen molar-refractivity contribution in [2.45, 2.75) is 0 Å². The average molecular weight is 665 g/mol. The van der Waals surface area contributed by atoms with E-state index in [1.165, 1.54) is 102 Å². The molecule has 0 N–H and O–H groups in total. The molecule has 0 aliphatic heterocycles. The van der Waals surface area contributed by atoms with E-state index in [1.807, 2.05) is 11.3 Å². The van der Waals surface area contributed by atoms with Crippen LogP contribution in [0, 0.1) is 0 Å². The van der Waals surface area contributed by atoms with E-state index in [-0.39, 0.29) is 0 Å². The van der Waals surface area contributed by atoms with Crippen molar-refractivity contribution in [3.05, 3.63) is 170 Å². The van der Waals surface area contributed by atoms with Crippen molar-refractivity contribution >= 4 is 91.4 Å². The van der Waals surface area contributed by atoms with Crippen LogP contribution >= 0.6 is 11.3 Å². The first-order chi connectivity index (χ1) is 25.3. The van der Waals surface area contributed by atoms with Gasteiger partial charge in [-0.05, 0) is 59.7 Å². The van der Waals surface area contributed by atoms with Gasteiger partial charge in [0.25, 0.3) is 0 Å². The Hall–Kier alpha value is -6.42. The number of fused-ring (bicyclic) bond motifs is 12. The van der Waals surface area contributed by atoms with E-state index in [0.717, 1.165) is 5.69 Å². The summed E-state index contributed by atoms with van der Waals surface area (Å²) in [6.45, 7) is 0. The fraction of sp³-hybridized carbons (Fsp3) is 0. The second-order valence-corrected chi connectivity index (χ2v) is 14.7. The number of hydrogen-bond donors (Lipinski definition) is 0. The number of nitrogens with zero attached hydrogens (tertiary/aromatic N) is 2. The van der Waals surface area contributed by atoms with Crippen molar-refractivity contribution in [2.75, 3.05) is 0 Å². The maximum atomic E-state index is 2.47. The summed E-state index contributed by atoms with van der Waals surface area (Å²) in [4.78, 5) is 0. The van der Waals surface area contributed by atoms with Crippen molar-refractivity contribution in [1.29, 1.82) is 0 Å². The van der Waals surface area contributed by atoms with Crippen LogP contribution in [0.2, 0.25) is 0 Å². The Bertz CT molecular complexity index is 3270. The van der Waals surface area contributed by atoms with Crippen molar-refractivity contribution < 1.29 is 0 Å². The molecule has 0 radical (unpaired) electrons. The maximum Gasteiger partial charge on any atom is 0.0620 e. The smallest absolute Gasteiger partial charge is 0.0620 e. The van der Waals surface area contributed by atoms with E-state index in [0.29, 0.717) is 0 Å². The summed E-state index contributed by atoms with van der Waals surface area (Å²) in [5, 5.41) is 10.4. The fourth-order valence-electron chi connectivity index (χ4n) is 8.88. The number of hydrogen-bond acceptors (Lipinski definition) is 1. The molecule has 0 bridgehead atoms. The van der Waals surface area contributed by atoms with E-state index in [9.17, 15) is 0 Å². The minimum atomic E-state index is 1.16. The number of thiophene rings is 1. The Balaban J connectivity index is 1.08. The van der Waals surface area contributed by atoms with Crippen LogP contribution < -0.4 is 0 Å². The molecule has 4 aromatic heterocycles. The molecule has 0 saturated heterocycles. The molecule has 0 spiro atoms. The SMILES string of the molecule is c1ccc2c(c1)sc1c(-c3cccc4c5ccccc5n(-c5ccc(-c6cc7c8ccccc8n8c9ccccc9c(c6)c78)cc5)c34)cccc12. The zero-order chi connectivity index (χ0) is 33.2. The van der Waals surface area contributed by atoms with Crippen LogP contribution in [0.15, 0.2) is 170 Å². The molecule has 3 heteroatoms. The third kappa shape index (κ3) is 3.65. The van der Waals surface area contributed by atoms with E-state index >= 15 is 0 Å². The van der Waals surface area contributed by atoms with E-state index in [2.05, 4.69) is 179 Å². The summed E-state index contributed by atoms with van der Waals surface area (Å²) in [5.74, 6) is 0. The van der Waals surface area contributed by atoms with Gasteiger partial charge in [-0.25, -0.2) is 0 Å². The molecule has 0 amide bonds. The molecule has 236 valence electrons. The molecule has 0 aliphatic rings. The van der Waals surface area contributed by atoms with Gasteiger partial charge in [0, 0.05) is 69.3 Å². The van der Waals surface area contributed by atoms with Crippen molar-refractivity contribution in [1.82, 2.24) is 8.97 Å². The van der Waals surface area contributed by atoms with Gasteiger partial charge in [-0.1, -0.05) is 121 Å². The molecule has 0 saturated carbocycles. The lowest BCUT2D eigenvalue weighted by Crippen LogP contribution is -1.95. The summed E-state index contributed by atoms with van der Waals surface area (Å²) in [5.41, 5.74) is 12.5. The van der Waals surface area contributed by atoms with Crippen LogP contribution in [-0.2, 0) is 0 Å². The fourth-order valence-corrected chi connectivity index (χ4v) is 10.1. The highest BCUT2D eigenvalue weighted by atomic mass is 32.1. The van der Waals surface area contributed by atoms with Gasteiger partial charge in [0.2, 0.25) is 0 Å². The quantitative estimate of drug-likeness (QED) is 0.178. The zero-order valence-corrected chi connectivity index (χ0v) is 28.3. The molecule has 51 heavy (non-hydrogen) atoms. The Morgan fingerprint density at radius 3 is 1.61 bits per heavy atom. The standard InChI is InChI=1S/C48H28N2S/c1-5-19-42-32(11-1)36-15-9-16-37(39-18-10-17-38-35-14-4-8-22-45(35)51-48(38)39)46(36)49(42)31-25-23-29(24-26-31)30-27-40-33-12-2-6-20-43(33)50-44-21-7-3-13-34(44)41(28-30)47(40)50/h1-28H. The molecule has 0 aliphatic carbocycles. The second-order valence-electron chi connectivity index (χ2n) is 13.7. The molecule has 12 aromatic rings. The van der Waals surface area contributed by atoms with E-state index in [4.69, 9.17) is 0 Å². The van der Waals surface area contributed by atoms with Crippen LogP contribution in [0.25, 0.3) is 108 Å². The minimum absolute atomic E-state index is 1.16. The lowest BCUT2D eigenvalue weighted by atomic mass is 9.99. The summed E-state index contributed by atoms with van der Waals surface area (Å²) in [6.07, 6.45) is 0. The molecule has 4 heterocycles. The zero-order valence-electron chi connectivity index (χ0n) is 27.5. The Morgan fingerprint density at radius 1 is 0.353 bits per heavy atom. The minimum Gasteiger partial charge on any atom is -0.309 e. The Kier molecular flexibility index (Phi) is 5.41. The first kappa shape index (κ1) is 27.4. The van der Waals surface area contributed by atoms with Crippen LogP contribution in [0.4, 0.5) is 0 Å². The van der Waals surface area contributed by atoms with Gasteiger partial charge < -0.3 is 8.97 Å². The number of aromatic nitrogens is 2. The molecule has 0 unspecified atom stereocenters. The molecule has 0 fully saturated rings. The van der Waals surface area contributed by atoms with Crippen molar-refractivity contribution in [3.63, 3.8) is 0 Å². The third-order valence-corrected chi connectivity index (χ3v) is 12.3. The average Bonchev–Trinajstić information content (AvgIpc) is 3.93. The monoisotopic (exact) mass is 664 g/mol. The van der Waals surface area contributed by atoms with Gasteiger partial charge >= 0.3 is 0 Å². The van der Waals surface area contributed by atoms with Gasteiger partial charge in [0.1, 0.15) is 0 Å². The summed E-state index contributed by atoms with van der Waals surface area (Å²) < 4.78 is 7.59. The maximum absolute atomic E-state index is 2.47. The lowest BCUT2D eigenvalue weighted by molar-refractivity contribution is 1.18. The van der Waals surface area contributed by atoms with Gasteiger partial charge in [-0.15, -0.1) is 11.3 Å². The van der Waals surface area contributed by atoms with Gasteiger partial charge in [0.05, 0.1) is 27.6 Å². The molecule has 2 nitrogen and oxygen atoms in total. The van der Waals surface area contributed by atoms with Crippen LogP contribution in [0.1, 0.15) is 0 Å². The molecular formula is C48H28N2S. The van der Waals surface area contributed by atoms with Crippen LogP contribution in [-0.4, -0.2) is 8.97 Å². The van der Waals surface area contributed by atoms with E-state index in [1.54, 1.807) is 0 Å². The van der Waals surface area contributed by atoms with Crippen molar-refractivity contribution in [2.24, 2.45) is 0 Å². The highest BCUT2D eigenvalue weighted by molar-refractivity contribution is 7.26. The second kappa shape index (κ2) is 10.1.